The Labute approximate surface area is 97.7 Å². The molecular formula is C14H10F2O. The van der Waals surface area contributed by atoms with Gasteiger partial charge in [0.05, 0.1) is 0 Å². The number of benzene rings is 2. The second-order valence-electron chi connectivity index (χ2n) is 3.66. The summed E-state index contributed by atoms with van der Waals surface area (Å²) in [5.74, 6) is 0. The summed E-state index contributed by atoms with van der Waals surface area (Å²) in [5, 5.41) is 0. The number of hydrogen-bond donors (Lipinski definition) is 0. The molecule has 0 saturated heterocycles. The molecule has 0 saturated carbocycles. The lowest BCUT2D eigenvalue weighted by Crippen LogP contribution is -1.85. The summed E-state index contributed by atoms with van der Waals surface area (Å²) in [6, 6.07) is 13.1. The standard InChI is InChI=1S/C14H10F2O/c15-14(16)13-7-5-12(6-8-13)11-3-1-10(9-17)2-4-11/h1-9,14H. The first kappa shape index (κ1) is 11.5. The van der Waals surface area contributed by atoms with Gasteiger partial charge in [-0.3, -0.25) is 4.79 Å². The second-order valence-corrected chi connectivity index (χ2v) is 3.66. The average molecular weight is 232 g/mol. The van der Waals surface area contributed by atoms with Crippen molar-refractivity contribution in [3.8, 4) is 11.1 Å². The summed E-state index contributed by atoms with van der Waals surface area (Å²) in [6.07, 6.45) is -1.68. The summed E-state index contributed by atoms with van der Waals surface area (Å²) in [4.78, 5) is 10.5. The molecule has 0 N–H and O–H groups in total. The lowest BCUT2D eigenvalue weighted by molar-refractivity contribution is 0.112. The number of halogens is 2. The summed E-state index contributed by atoms with van der Waals surface area (Å²) < 4.78 is 24.7. The molecule has 0 bridgehead atoms. The van der Waals surface area contributed by atoms with Gasteiger partial charge in [0, 0.05) is 11.1 Å². The highest BCUT2D eigenvalue weighted by molar-refractivity contribution is 5.76. The minimum absolute atomic E-state index is 0.0123. The van der Waals surface area contributed by atoms with Crippen LogP contribution in [0.5, 0.6) is 0 Å². The Bertz CT molecular complexity index is 501. The predicted octanol–water partition coefficient (Wildman–Crippen LogP) is 4.10. The van der Waals surface area contributed by atoms with Crippen LogP contribution in [-0.4, -0.2) is 6.29 Å². The molecule has 2 rings (SSSR count). The summed E-state index contributed by atoms with van der Waals surface area (Å²) in [5.41, 5.74) is 2.36. The molecule has 1 nitrogen and oxygen atoms in total. The van der Waals surface area contributed by atoms with Crippen LogP contribution in [0.3, 0.4) is 0 Å². The van der Waals surface area contributed by atoms with Crippen LogP contribution in [0.15, 0.2) is 48.5 Å². The number of rotatable bonds is 3. The molecule has 86 valence electrons. The monoisotopic (exact) mass is 232 g/mol. The first-order valence-corrected chi connectivity index (χ1v) is 5.14. The van der Waals surface area contributed by atoms with E-state index in [9.17, 15) is 13.6 Å². The zero-order chi connectivity index (χ0) is 12.3. The van der Waals surface area contributed by atoms with Crippen LogP contribution in [0, 0.1) is 0 Å². The molecule has 0 aliphatic carbocycles. The van der Waals surface area contributed by atoms with Crippen molar-refractivity contribution in [2.75, 3.05) is 0 Å². The van der Waals surface area contributed by atoms with Crippen molar-refractivity contribution >= 4 is 6.29 Å². The molecule has 3 heteroatoms. The summed E-state index contributed by atoms with van der Waals surface area (Å²) >= 11 is 0. The van der Waals surface area contributed by atoms with E-state index in [0.717, 1.165) is 17.4 Å². The van der Waals surface area contributed by atoms with Crippen molar-refractivity contribution < 1.29 is 13.6 Å². The number of hydrogen-bond acceptors (Lipinski definition) is 1. The quantitative estimate of drug-likeness (QED) is 0.728. The minimum atomic E-state index is -2.44. The van der Waals surface area contributed by atoms with Crippen LogP contribution in [0.2, 0.25) is 0 Å². The van der Waals surface area contributed by atoms with Crippen LogP contribution in [0.1, 0.15) is 22.3 Å². The molecular weight excluding hydrogens is 222 g/mol. The van der Waals surface area contributed by atoms with Crippen LogP contribution < -0.4 is 0 Å². The van der Waals surface area contributed by atoms with Gasteiger partial charge in [-0.05, 0) is 11.1 Å². The number of aldehydes is 1. The van der Waals surface area contributed by atoms with Gasteiger partial charge in [0.2, 0.25) is 0 Å². The number of carbonyl (C=O) groups excluding carboxylic acids is 1. The van der Waals surface area contributed by atoms with Gasteiger partial charge in [-0.1, -0.05) is 48.5 Å². The topological polar surface area (TPSA) is 17.1 Å². The molecule has 0 aliphatic rings. The molecule has 0 aromatic heterocycles. The molecule has 0 radical (unpaired) electrons. The Hall–Kier alpha value is -2.03. The zero-order valence-corrected chi connectivity index (χ0v) is 8.94. The van der Waals surface area contributed by atoms with Gasteiger partial charge < -0.3 is 0 Å². The third-order valence-electron chi connectivity index (χ3n) is 2.54. The molecule has 17 heavy (non-hydrogen) atoms. The highest BCUT2D eigenvalue weighted by Gasteiger charge is 2.06. The van der Waals surface area contributed by atoms with Gasteiger partial charge in [-0.15, -0.1) is 0 Å². The van der Waals surface area contributed by atoms with Gasteiger partial charge in [-0.2, -0.15) is 0 Å². The van der Waals surface area contributed by atoms with E-state index in [1.165, 1.54) is 12.1 Å². The molecule has 0 fully saturated rings. The Morgan fingerprint density at radius 3 is 1.71 bits per heavy atom. The molecule has 2 aromatic rings. The lowest BCUT2D eigenvalue weighted by atomic mass is 10.0. The van der Waals surface area contributed by atoms with Gasteiger partial charge in [0.15, 0.2) is 0 Å². The largest absolute Gasteiger partial charge is 0.298 e. The normalized spacial score (nSPS) is 10.5. The van der Waals surface area contributed by atoms with Gasteiger partial charge in [0.1, 0.15) is 6.29 Å². The van der Waals surface area contributed by atoms with E-state index in [1.54, 1.807) is 36.4 Å². The van der Waals surface area contributed by atoms with Gasteiger partial charge in [-0.25, -0.2) is 8.78 Å². The molecule has 0 heterocycles. The first-order chi connectivity index (χ1) is 8.20. The van der Waals surface area contributed by atoms with Crippen molar-refractivity contribution in [2.24, 2.45) is 0 Å². The molecule has 0 spiro atoms. The fourth-order valence-electron chi connectivity index (χ4n) is 1.58. The van der Waals surface area contributed by atoms with E-state index in [4.69, 9.17) is 0 Å². The van der Waals surface area contributed by atoms with Crippen LogP contribution in [-0.2, 0) is 0 Å². The van der Waals surface area contributed by atoms with E-state index in [1.807, 2.05) is 0 Å². The molecule has 2 aromatic carbocycles. The van der Waals surface area contributed by atoms with E-state index in [-0.39, 0.29) is 5.56 Å². The highest BCUT2D eigenvalue weighted by atomic mass is 19.3. The molecule has 0 unspecified atom stereocenters. The summed E-state index contributed by atoms with van der Waals surface area (Å²) in [7, 11) is 0. The van der Waals surface area contributed by atoms with E-state index in [2.05, 4.69) is 0 Å². The zero-order valence-electron chi connectivity index (χ0n) is 8.94. The smallest absolute Gasteiger partial charge is 0.263 e. The lowest BCUT2D eigenvalue weighted by Gasteiger charge is -2.04. The summed E-state index contributed by atoms with van der Waals surface area (Å²) in [6.45, 7) is 0. The molecule has 0 aliphatic heterocycles. The van der Waals surface area contributed by atoms with Crippen molar-refractivity contribution in [3.05, 3.63) is 59.7 Å². The van der Waals surface area contributed by atoms with E-state index >= 15 is 0 Å². The SMILES string of the molecule is O=Cc1ccc(-c2ccc(C(F)F)cc2)cc1. The average Bonchev–Trinajstić information content (AvgIpc) is 2.39. The third kappa shape index (κ3) is 2.56. The van der Waals surface area contributed by atoms with Crippen LogP contribution in [0.25, 0.3) is 11.1 Å². The Morgan fingerprint density at radius 2 is 1.29 bits per heavy atom. The van der Waals surface area contributed by atoms with E-state index < -0.39 is 6.43 Å². The molecule has 0 atom stereocenters. The first-order valence-electron chi connectivity index (χ1n) is 5.14. The van der Waals surface area contributed by atoms with Crippen molar-refractivity contribution in [3.63, 3.8) is 0 Å². The Kier molecular flexibility index (Phi) is 3.28. The maximum absolute atomic E-state index is 12.4. The Morgan fingerprint density at radius 1 is 0.824 bits per heavy atom. The van der Waals surface area contributed by atoms with Crippen molar-refractivity contribution in [1.29, 1.82) is 0 Å². The number of alkyl halides is 2. The fourth-order valence-corrected chi connectivity index (χ4v) is 1.58. The third-order valence-corrected chi connectivity index (χ3v) is 2.54. The second kappa shape index (κ2) is 4.87. The van der Waals surface area contributed by atoms with Crippen molar-refractivity contribution in [2.45, 2.75) is 6.43 Å². The van der Waals surface area contributed by atoms with Crippen LogP contribution in [0.4, 0.5) is 8.78 Å². The number of carbonyl (C=O) groups is 1. The predicted molar refractivity (Wildman–Crippen MR) is 62.2 cm³/mol. The highest BCUT2D eigenvalue weighted by Crippen LogP contribution is 2.24. The fraction of sp³-hybridized carbons (Fsp3) is 0.0714. The maximum atomic E-state index is 12.4. The minimum Gasteiger partial charge on any atom is -0.298 e. The van der Waals surface area contributed by atoms with Gasteiger partial charge >= 0.3 is 0 Å². The van der Waals surface area contributed by atoms with E-state index in [0.29, 0.717) is 5.56 Å². The maximum Gasteiger partial charge on any atom is 0.263 e. The van der Waals surface area contributed by atoms with Crippen molar-refractivity contribution in [1.82, 2.24) is 0 Å². The molecule has 0 amide bonds. The Balaban J connectivity index is 2.29. The van der Waals surface area contributed by atoms with Gasteiger partial charge in [0.25, 0.3) is 6.43 Å². The van der Waals surface area contributed by atoms with Crippen LogP contribution >= 0.6 is 0 Å².